The molecule has 11 nitrogen and oxygen atoms in total. The fourth-order valence-electron chi connectivity index (χ4n) is 3.87. The molecule has 2 aromatic carbocycles. The summed E-state index contributed by atoms with van der Waals surface area (Å²) in [6, 6.07) is 14.0. The normalized spacial score (nSPS) is 19.6. The van der Waals surface area contributed by atoms with E-state index in [4.69, 9.17) is 10.4 Å². The second kappa shape index (κ2) is 7.88. The molecule has 0 fully saturated rings. The highest BCUT2D eigenvalue weighted by atomic mass is 32.1. The van der Waals surface area contributed by atoms with Gasteiger partial charge < -0.3 is 0 Å². The highest BCUT2D eigenvalue weighted by Crippen LogP contribution is 2.39. The average molecular weight is 457 g/mol. The van der Waals surface area contributed by atoms with Gasteiger partial charge in [0.25, 0.3) is 5.69 Å². The van der Waals surface area contributed by atoms with E-state index in [2.05, 4.69) is 15.2 Å². The summed E-state index contributed by atoms with van der Waals surface area (Å²) in [5.41, 5.74) is 1.18. The number of anilines is 1. The smallest absolute Gasteiger partial charge is 0.266 e. The van der Waals surface area contributed by atoms with Crippen molar-refractivity contribution in [2.45, 2.75) is 19.0 Å². The Morgan fingerprint density at radius 2 is 1.97 bits per heavy atom. The lowest BCUT2D eigenvalue weighted by atomic mass is 9.96. The Bertz CT molecular complexity index is 1380. The van der Waals surface area contributed by atoms with Gasteiger partial charge in [0.1, 0.15) is 28.8 Å². The maximum atomic E-state index is 11.4. The Morgan fingerprint density at radius 1 is 1.18 bits per heavy atom. The quantitative estimate of drug-likeness (QED) is 0.359. The molecule has 12 heteroatoms. The number of aromatic nitrogens is 2. The van der Waals surface area contributed by atoms with Gasteiger partial charge in [-0.15, -0.1) is 10.2 Å². The number of nitro groups is 1. The van der Waals surface area contributed by atoms with Gasteiger partial charge in [0.05, 0.1) is 4.92 Å². The second-order valence-electron chi connectivity index (χ2n) is 7.26. The van der Waals surface area contributed by atoms with Crippen LogP contribution < -0.4 is 4.90 Å². The van der Waals surface area contributed by atoms with Crippen LogP contribution in [0.1, 0.15) is 22.2 Å². The number of non-ortho nitro benzene ring substituents is 1. The maximum absolute atomic E-state index is 11.4. The number of nitrogens with one attached hydrogen (secondary N) is 1. The van der Waals surface area contributed by atoms with Gasteiger partial charge in [0.2, 0.25) is 11.1 Å². The molecule has 0 saturated heterocycles. The van der Waals surface area contributed by atoms with Crippen molar-refractivity contribution in [1.29, 1.82) is 10.7 Å². The first kappa shape index (κ1) is 20.4. The molecule has 1 N–H and O–H groups in total. The first-order valence-corrected chi connectivity index (χ1v) is 10.6. The van der Waals surface area contributed by atoms with Gasteiger partial charge >= 0.3 is 0 Å². The molecule has 3 heterocycles. The first-order chi connectivity index (χ1) is 16.0. The van der Waals surface area contributed by atoms with E-state index in [0.29, 0.717) is 22.4 Å². The molecular formula is C21H15N9O2S. The van der Waals surface area contributed by atoms with Crippen LogP contribution in [0.5, 0.6) is 0 Å². The van der Waals surface area contributed by atoms with Crippen molar-refractivity contribution in [3.8, 4) is 6.19 Å². The van der Waals surface area contributed by atoms with Gasteiger partial charge in [-0.25, -0.2) is 4.90 Å². The van der Waals surface area contributed by atoms with Crippen molar-refractivity contribution in [2.24, 2.45) is 9.98 Å². The molecular weight excluding hydrogens is 442 g/mol. The van der Waals surface area contributed by atoms with E-state index >= 15 is 0 Å². The molecule has 0 unspecified atom stereocenters. The minimum absolute atomic E-state index is 0.108. The van der Waals surface area contributed by atoms with Crippen molar-refractivity contribution < 1.29 is 4.92 Å². The number of nitro benzene ring substituents is 1. The van der Waals surface area contributed by atoms with Crippen LogP contribution in [0.4, 0.5) is 10.8 Å². The van der Waals surface area contributed by atoms with E-state index < -0.39 is 17.0 Å². The van der Waals surface area contributed by atoms with Crippen LogP contribution in [-0.4, -0.2) is 43.7 Å². The SMILES string of the molecule is Cc1nnc(N2C(c3ccccc3)=N[C@H]3C2=NC(=N)N(C#N)[C@@H]3c2cccc([N+](=O)[O-])c2)s1. The van der Waals surface area contributed by atoms with Crippen LogP contribution in [0.2, 0.25) is 0 Å². The molecule has 2 aliphatic rings. The zero-order valence-electron chi connectivity index (χ0n) is 17.2. The van der Waals surface area contributed by atoms with Gasteiger partial charge in [-0.2, -0.15) is 10.3 Å². The van der Waals surface area contributed by atoms with Crippen LogP contribution in [0.3, 0.4) is 0 Å². The number of nitriles is 1. The van der Waals surface area contributed by atoms with Crippen LogP contribution in [0.15, 0.2) is 64.6 Å². The highest BCUT2D eigenvalue weighted by Gasteiger charge is 2.47. The Kier molecular flexibility index (Phi) is 4.87. The van der Waals surface area contributed by atoms with Crippen molar-refractivity contribution in [3.63, 3.8) is 0 Å². The summed E-state index contributed by atoms with van der Waals surface area (Å²) >= 11 is 1.35. The Balaban J connectivity index is 1.71. The van der Waals surface area contributed by atoms with Crippen molar-refractivity contribution in [2.75, 3.05) is 4.90 Å². The zero-order valence-corrected chi connectivity index (χ0v) is 18.0. The Labute approximate surface area is 191 Å². The van der Waals surface area contributed by atoms with E-state index in [9.17, 15) is 15.4 Å². The second-order valence-corrected chi connectivity index (χ2v) is 8.42. The number of hydrogen-bond donors (Lipinski definition) is 1. The molecule has 1 aromatic heterocycles. The summed E-state index contributed by atoms with van der Waals surface area (Å²) in [6.45, 7) is 1.84. The van der Waals surface area contributed by atoms with Crippen molar-refractivity contribution in [1.82, 2.24) is 15.1 Å². The van der Waals surface area contributed by atoms with Crippen LogP contribution in [0, 0.1) is 33.9 Å². The van der Waals surface area contributed by atoms with E-state index in [-0.39, 0.29) is 11.6 Å². The lowest BCUT2D eigenvalue weighted by Gasteiger charge is -2.34. The number of aliphatic imine (C=N–C) groups is 2. The third-order valence-corrected chi connectivity index (χ3v) is 6.09. The molecule has 0 saturated carbocycles. The Morgan fingerprint density at radius 3 is 2.64 bits per heavy atom. The van der Waals surface area contributed by atoms with Crippen molar-refractivity contribution >= 4 is 39.8 Å². The molecule has 5 rings (SSSR count). The van der Waals surface area contributed by atoms with Crippen LogP contribution in [0.25, 0.3) is 0 Å². The Hall–Kier alpha value is -4.50. The van der Waals surface area contributed by atoms with E-state index in [1.807, 2.05) is 43.4 Å². The fourth-order valence-corrected chi connectivity index (χ4v) is 4.57. The number of amidine groups is 2. The summed E-state index contributed by atoms with van der Waals surface area (Å²) in [6.07, 6.45) is 2.00. The molecule has 2 atom stereocenters. The number of rotatable bonds is 4. The van der Waals surface area contributed by atoms with Gasteiger partial charge in [-0.3, -0.25) is 25.4 Å². The largest absolute Gasteiger partial charge is 0.269 e. The molecule has 2 aliphatic heterocycles. The van der Waals surface area contributed by atoms with Crippen LogP contribution >= 0.6 is 11.3 Å². The number of aryl methyl sites for hydroxylation is 1. The summed E-state index contributed by atoms with van der Waals surface area (Å²) in [5, 5.41) is 39.2. The third-order valence-electron chi connectivity index (χ3n) is 5.26. The van der Waals surface area contributed by atoms with Gasteiger partial charge in [0, 0.05) is 17.7 Å². The minimum Gasteiger partial charge on any atom is -0.266 e. The summed E-state index contributed by atoms with van der Waals surface area (Å²) < 4.78 is 0. The third kappa shape index (κ3) is 3.40. The van der Waals surface area contributed by atoms with E-state index in [1.54, 1.807) is 17.0 Å². The monoisotopic (exact) mass is 457 g/mol. The topological polar surface area (TPSA) is 148 Å². The van der Waals surface area contributed by atoms with Gasteiger partial charge in [-0.05, 0) is 12.5 Å². The first-order valence-electron chi connectivity index (χ1n) is 9.82. The van der Waals surface area contributed by atoms with Crippen molar-refractivity contribution in [3.05, 3.63) is 80.8 Å². The molecule has 0 radical (unpaired) electrons. The fraction of sp³-hybridized carbons (Fsp3) is 0.143. The standard InChI is InChI=1S/C21H15N9O2S/c1-12-26-27-21(33-12)29-18(13-6-3-2-4-7-13)24-16-17(28(11-22)20(23)25-19(16)29)14-8-5-9-15(10-14)30(31)32/h2-10,16-17,23H,1H3/t16-,17-/m1/s1. The molecule has 0 spiro atoms. The maximum Gasteiger partial charge on any atom is 0.269 e. The van der Waals surface area contributed by atoms with Gasteiger partial charge in [-0.1, -0.05) is 53.8 Å². The predicted octanol–water partition coefficient (Wildman–Crippen LogP) is 3.26. The number of fused-ring (bicyclic) bond motifs is 1. The summed E-state index contributed by atoms with van der Waals surface area (Å²) in [5.74, 6) is 0.688. The number of benzene rings is 2. The molecule has 33 heavy (non-hydrogen) atoms. The lowest BCUT2D eigenvalue weighted by Crippen LogP contribution is -2.48. The molecule has 0 bridgehead atoms. The number of guanidine groups is 1. The van der Waals surface area contributed by atoms with Crippen LogP contribution in [-0.2, 0) is 0 Å². The minimum atomic E-state index is -0.785. The summed E-state index contributed by atoms with van der Waals surface area (Å²) in [4.78, 5) is 23.0. The lowest BCUT2D eigenvalue weighted by molar-refractivity contribution is -0.384. The van der Waals surface area contributed by atoms with E-state index in [0.717, 1.165) is 15.5 Å². The molecule has 0 amide bonds. The van der Waals surface area contributed by atoms with Gasteiger partial charge in [0.15, 0.2) is 6.19 Å². The molecule has 162 valence electrons. The number of hydrogen-bond acceptors (Lipinski definition) is 9. The average Bonchev–Trinajstić information content (AvgIpc) is 3.41. The zero-order chi connectivity index (χ0) is 23.1. The van der Waals surface area contributed by atoms with E-state index in [1.165, 1.54) is 23.5 Å². The highest BCUT2D eigenvalue weighted by molar-refractivity contribution is 7.15. The molecule has 0 aliphatic carbocycles. The predicted molar refractivity (Wildman–Crippen MR) is 122 cm³/mol. The summed E-state index contributed by atoms with van der Waals surface area (Å²) in [7, 11) is 0. The molecule has 3 aromatic rings. The number of nitrogens with zero attached hydrogens (tertiary/aromatic N) is 8.